The maximum Gasteiger partial charge on any atom is 0.350 e. The highest BCUT2D eigenvalue weighted by atomic mass is 32.1. The molecule has 27 heavy (non-hydrogen) atoms. The Balaban J connectivity index is 2.55. The van der Waals surface area contributed by atoms with Crippen LogP contribution in [0.3, 0.4) is 0 Å². The van der Waals surface area contributed by atoms with Gasteiger partial charge in [0, 0.05) is 11.8 Å². The lowest BCUT2D eigenvalue weighted by Gasteiger charge is -2.42. The Kier molecular flexibility index (Phi) is 6.18. The minimum Gasteiger partial charge on any atom is -0.465 e. The second kappa shape index (κ2) is 7.87. The van der Waals surface area contributed by atoms with Crippen LogP contribution in [0.25, 0.3) is 0 Å². The van der Waals surface area contributed by atoms with E-state index in [0.717, 1.165) is 4.88 Å². The highest BCUT2D eigenvalue weighted by Gasteiger charge is 2.45. The average molecular weight is 390 g/mol. The zero-order valence-electron chi connectivity index (χ0n) is 16.8. The maximum atomic E-state index is 13.2. The van der Waals surface area contributed by atoms with E-state index in [0.29, 0.717) is 23.6 Å². The Morgan fingerprint density at radius 2 is 2.22 bits per heavy atom. The zero-order chi connectivity index (χ0) is 20.4. The molecule has 6 heteroatoms. The van der Waals surface area contributed by atoms with Crippen LogP contribution in [0, 0.1) is 17.3 Å². The summed E-state index contributed by atoms with van der Waals surface area (Å²) in [6, 6.07) is 1.58. The third kappa shape index (κ3) is 4.60. The van der Waals surface area contributed by atoms with E-state index in [9.17, 15) is 9.59 Å². The predicted octanol–water partition coefficient (Wildman–Crippen LogP) is 4.02. The second-order valence-electron chi connectivity index (χ2n) is 7.88. The van der Waals surface area contributed by atoms with Crippen LogP contribution in [0.2, 0.25) is 0 Å². The fourth-order valence-electron chi connectivity index (χ4n) is 2.77. The van der Waals surface area contributed by atoms with Crippen molar-refractivity contribution in [3.8, 4) is 11.8 Å². The first kappa shape index (κ1) is 21.2. The van der Waals surface area contributed by atoms with Crippen LogP contribution in [0.1, 0.15) is 55.6 Å². The normalized spacial score (nSPS) is 22.8. The van der Waals surface area contributed by atoms with Crippen molar-refractivity contribution < 1.29 is 19.1 Å². The number of amides is 1. The van der Waals surface area contributed by atoms with Crippen LogP contribution in [0.4, 0.5) is 5.69 Å². The van der Waals surface area contributed by atoms with Crippen molar-refractivity contribution in [3.05, 3.63) is 28.5 Å². The Bertz CT molecular complexity index is 808. The molecular formula is C21H27NO4S. The molecule has 1 fully saturated rings. The number of anilines is 1. The number of rotatable bonds is 4. The number of hydrogen-bond acceptors (Lipinski definition) is 5. The maximum absolute atomic E-state index is 13.2. The summed E-state index contributed by atoms with van der Waals surface area (Å²) in [7, 11) is 1.33. The summed E-state index contributed by atoms with van der Waals surface area (Å²) < 4.78 is 10.7. The molecule has 1 aliphatic heterocycles. The summed E-state index contributed by atoms with van der Waals surface area (Å²) in [5, 5.41) is 0. The Morgan fingerprint density at radius 3 is 2.78 bits per heavy atom. The highest BCUT2D eigenvalue weighted by Crippen LogP contribution is 2.37. The van der Waals surface area contributed by atoms with Gasteiger partial charge in [0.1, 0.15) is 10.5 Å². The molecular weight excluding hydrogens is 362 g/mol. The van der Waals surface area contributed by atoms with Gasteiger partial charge in [-0.1, -0.05) is 17.9 Å². The lowest BCUT2D eigenvalue weighted by molar-refractivity contribution is -0.149. The van der Waals surface area contributed by atoms with Gasteiger partial charge in [0.05, 0.1) is 30.3 Å². The van der Waals surface area contributed by atoms with E-state index in [4.69, 9.17) is 9.47 Å². The molecule has 1 aromatic heterocycles. The van der Waals surface area contributed by atoms with Crippen molar-refractivity contribution in [2.75, 3.05) is 18.6 Å². The highest BCUT2D eigenvalue weighted by molar-refractivity contribution is 7.15. The number of methoxy groups -OCH3 is 1. The average Bonchev–Trinajstić information content (AvgIpc) is 3.00. The van der Waals surface area contributed by atoms with Gasteiger partial charge in [-0.25, -0.2) is 4.79 Å². The summed E-state index contributed by atoms with van der Waals surface area (Å²) in [6.07, 6.45) is 2.06. The number of nitrogens with zero attached hydrogens (tertiary/aromatic N) is 1. The fourth-order valence-corrected chi connectivity index (χ4v) is 3.70. The smallest absolute Gasteiger partial charge is 0.350 e. The summed E-state index contributed by atoms with van der Waals surface area (Å²) in [4.78, 5) is 28.3. The first-order valence-corrected chi connectivity index (χ1v) is 9.68. The number of carbonyl (C=O) groups excluding carboxylic acids is 2. The molecule has 0 radical (unpaired) electrons. The molecule has 1 aliphatic rings. The van der Waals surface area contributed by atoms with Gasteiger partial charge < -0.3 is 14.4 Å². The molecule has 0 N–H and O–H groups in total. The third-order valence-electron chi connectivity index (χ3n) is 4.19. The van der Waals surface area contributed by atoms with Crippen LogP contribution in [0.5, 0.6) is 0 Å². The Hall–Kier alpha value is -2.10. The molecule has 0 aliphatic carbocycles. The predicted molar refractivity (Wildman–Crippen MR) is 108 cm³/mol. The number of carbonyl (C=O) groups is 2. The first-order valence-electron chi connectivity index (χ1n) is 8.86. The summed E-state index contributed by atoms with van der Waals surface area (Å²) in [5.41, 5.74) is -0.637. The number of thiophene rings is 1. The van der Waals surface area contributed by atoms with E-state index in [1.807, 2.05) is 27.7 Å². The van der Waals surface area contributed by atoms with Crippen LogP contribution >= 0.6 is 11.3 Å². The van der Waals surface area contributed by atoms with Crippen molar-refractivity contribution in [2.45, 2.75) is 52.7 Å². The van der Waals surface area contributed by atoms with E-state index >= 15 is 0 Å². The molecule has 2 heterocycles. The Labute approximate surface area is 165 Å². The van der Waals surface area contributed by atoms with Crippen molar-refractivity contribution in [1.82, 2.24) is 0 Å². The van der Waals surface area contributed by atoms with Gasteiger partial charge in [-0.15, -0.1) is 17.9 Å². The van der Waals surface area contributed by atoms with Crippen molar-refractivity contribution in [3.63, 3.8) is 0 Å². The minimum absolute atomic E-state index is 0.166. The van der Waals surface area contributed by atoms with Crippen LogP contribution < -0.4 is 4.90 Å². The zero-order valence-corrected chi connectivity index (χ0v) is 17.7. The lowest BCUT2D eigenvalue weighted by atomic mass is 9.96. The van der Waals surface area contributed by atoms with E-state index < -0.39 is 11.6 Å². The van der Waals surface area contributed by atoms with Crippen LogP contribution in [-0.2, 0) is 14.3 Å². The quantitative estimate of drug-likeness (QED) is 0.443. The van der Waals surface area contributed by atoms with Gasteiger partial charge >= 0.3 is 5.97 Å². The van der Waals surface area contributed by atoms with E-state index in [2.05, 4.69) is 18.4 Å². The molecule has 2 rings (SSSR count). The standard InChI is InChI=1S/C21H27NO4S/c1-8-10-21(6)19(24)22(14(2)13-26-21)16-12-15(9-11-20(3,4)5)27-17(16)18(23)25-7/h8,12,14H,1,10,13H2,2-7H3/t14-,21-/m1/s1. The SMILES string of the molecule is C=CC[C@@]1(C)OC[C@@H](C)N(c2cc(C#CC(C)(C)C)sc2C(=O)OC)C1=O. The number of morpholine rings is 1. The molecule has 0 spiro atoms. The first-order chi connectivity index (χ1) is 12.5. The van der Waals surface area contributed by atoms with Crippen molar-refractivity contribution in [2.24, 2.45) is 5.41 Å². The number of esters is 1. The van der Waals surface area contributed by atoms with Crippen LogP contribution in [-0.4, -0.2) is 37.2 Å². The van der Waals surface area contributed by atoms with Gasteiger partial charge in [-0.3, -0.25) is 4.79 Å². The van der Waals surface area contributed by atoms with E-state index in [1.54, 1.807) is 24.0 Å². The molecule has 1 amide bonds. The van der Waals surface area contributed by atoms with Gasteiger partial charge in [-0.2, -0.15) is 0 Å². The minimum atomic E-state index is -0.999. The topological polar surface area (TPSA) is 55.8 Å². The van der Waals surface area contributed by atoms with Crippen molar-refractivity contribution >= 4 is 28.9 Å². The summed E-state index contributed by atoms with van der Waals surface area (Å²) in [6.45, 7) is 13.8. The molecule has 1 saturated heterocycles. The van der Waals surface area contributed by atoms with Gasteiger partial charge in [0.25, 0.3) is 5.91 Å². The van der Waals surface area contributed by atoms with Gasteiger partial charge in [0.2, 0.25) is 0 Å². The van der Waals surface area contributed by atoms with Gasteiger partial charge in [0.15, 0.2) is 0 Å². The van der Waals surface area contributed by atoms with Crippen molar-refractivity contribution in [1.29, 1.82) is 0 Å². The molecule has 0 saturated carbocycles. The van der Waals surface area contributed by atoms with Crippen LogP contribution in [0.15, 0.2) is 18.7 Å². The molecule has 5 nitrogen and oxygen atoms in total. The lowest BCUT2D eigenvalue weighted by Crippen LogP contribution is -2.59. The van der Waals surface area contributed by atoms with Gasteiger partial charge in [-0.05, 0) is 40.7 Å². The number of ether oxygens (including phenoxy) is 2. The summed E-state index contributed by atoms with van der Waals surface area (Å²) in [5.74, 6) is 5.61. The van der Waals surface area contributed by atoms with E-state index in [1.165, 1.54) is 18.4 Å². The molecule has 0 aromatic carbocycles. The monoisotopic (exact) mass is 389 g/mol. The molecule has 2 atom stereocenters. The molecule has 0 unspecified atom stereocenters. The number of hydrogen-bond donors (Lipinski definition) is 0. The third-order valence-corrected chi connectivity index (χ3v) is 5.21. The largest absolute Gasteiger partial charge is 0.465 e. The summed E-state index contributed by atoms with van der Waals surface area (Å²) >= 11 is 1.24. The van der Waals surface area contributed by atoms with E-state index in [-0.39, 0.29) is 17.4 Å². The molecule has 1 aromatic rings. The Morgan fingerprint density at radius 1 is 1.56 bits per heavy atom. The molecule has 146 valence electrons. The fraction of sp³-hybridized carbons (Fsp3) is 0.524. The second-order valence-corrected chi connectivity index (χ2v) is 8.93. The molecule has 0 bridgehead atoms.